The molecule has 0 aliphatic heterocycles. The molecule has 1 heterocycles. The van der Waals surface area contributed by atoms with Crippen LogP contribution in [0.15, 0.2) is 30.6 Å². The highest BCUT2D eigenvalue weighted by molar-refractivity contribution is 5.73. The quantitative estimate of drug-likeness (QED) is 0.592. The maximum Gasteiger partial charge on any atom is 0.0931 e. The standard InChI is InChI=1S/C7H6N2.CH4O/c1-2-4-7-6(3-1)8-5-9-7;1-2/h1-5H,(H,8,9);2H,1H3. The zero-order chi connectivity index (χ0) is 8.10. The summed E-state index contributed by atoms with van der Waals surface area (Å²) < 4.78 is 0. The van der Waals surface area contributed by atoms with Gasteiger partial charge in [-0.1, -0.05) is 12.1 Å². The number of benzene rings is 1. The molecule has 2 aromatic rings. The van der Waals surface area contributed by atoms with Crippen LogP contribution in [-0.2, 0) is 0 Å². The first-order chi connectivity index (χ1) is 5.47. The Morgan fingerprint density at radius 1 is 1.27 bits per heavy atom. The van der Waals surface area contributed by atoms with Crippen LogP contribution in [0, 0.1) is 0 Å². The zero-order valence-corrected chi connectivity index (χ0v) is 6.28. The van der Waals surface area contributed by atoms with Crippen LogP contribution in [0.25, 0.3) is 11.0 Å². The third-order valence-electron chi connectivity index (χ3n) is 1.33. The first kappa shape index (κ1) is 7.75. The van der Waals surface area contributed by atoms with Crippen molar-refractivity contribution in [1.82, 2.24) is 9.97 Å². The third-order valence-corrected chi connectivity index (χ3v) is 1.33. The molecule has 0 unspecified atom stereocenters. The Morgan fingerprint density at radius 3 is 2.73 bits per heavy atom. The van der Waals surface area contributed by atoms with Crippen molar-refractivity contribution in [3.8, 4) is 0 Å². The summed E-state index contributed by atoms with van der Waals surface area (Å²) in [6.45, 7) is 0. The Hall–Kier alpha value is -1.35. The number of aliphatic hydroxyl groups excluding tert-OH is 1. The molecular formula is C8H10N2O. The topological polar surface area (TPSA) is 48.9 Å². The van der Waals surface area contributed by atoms with E-state index in [0.717, 1.165) is 18.1 Å². The first-order valence-electron chi connectivity index (χ1n) is 3.30. The maximum atomic E-state index is 7.00. The number of aliphatic hydroxyl groups is 1. The highest BCUT2D eigenvalue weighted by Crippen LogP contribution is 2.05. The van der Waals surface area contributed by atoms with Gasteiger partial charge in [0.15, 0.2) is 0 Å². The van der Waals surface area contributed by atoms with Crippen molar-refractivity contribution >= 4 is 11.0 Å². The Bertz CT molecular complexity index is 286. The average Bonchev–Trinajstić information content (AvgIpc) is 2.55. The molecule has 0 bridgehead atoms. The maximum absolute atomic E-state index is 7.00. The summed E-state index contributed by atoms with van der Waals surface area (Å²) in [5.41, 5.74) is 2.12. The van der Waals surface area contributed by atoms with Crippen molar-refractivity contribution in [2.75, 3.05) is 7.11 Å². The summed E-state index contributed by atoms with van der Waals surface area (Å²) in [4.78, 5) is 7.07. The lowest BCUT2D eigenvalue weighted by Gasteiger charge is -1.81. The van der Waals surface area contributed by atoms with Crippen molar-refractivity contribution in [1.29, 1.82) is 0 Å². The van der Waals surface area contributed by atoms with Gasteiger partial charge in [-0.25, -0.2) is 4.98 Å². The van der Waals surface area contributed by atoms with Crippen LogP contribution in [0.2, 0.25) is 0 Å². The van der Waals surface area contributed by atoms with Gasteiger partial charge in [0.05, 0.1) is 17.4 Å². The highest BCUT2D eigenvalue weighted by Gasteiger charge is 1.88. The Morgan fingerprint density at radius 2 is 2.00 bits per heavy atom. The second-order valence-corrected chi connectivity index (χ2v) is 1.92. The number of aromatic nitrogens is 2. The number of nitrogens with one attached hydrogen (secondary N) is 1. The molecule has 0 fully saturated rings. The molecule has 0 saturated heterocycles. The normalized spacial score (nSPS) is 8.91. The number of aromatic amines is 1. The molecule has 58 valence electrons. The van der Waals surface area contributed by atoms with Crippen molar-refractivity contribution in [2.45, 2.75) is 0 Å². The predicted molar refractivity (Wildman–Crippen MR) is 44.2 cm³/mol. The number of H-pyrrole nitrogens is 1. The monoisotopic (exact) mass is 150 g/mol. The zero-order valence-electron chi connectivity index (χ0n) is 6.28. The van der Waals surface area contributed by atoms with Crippen molar-refractivity contribution in [3.05, 3.63) is 30.6 Å². The second-order valence-electron chi connectivity index (χ2n) is 1.92. The van der Waals surface area contributed by atoms with Crippen LogP contribution in [0.1, 0.15) is 0 Å². The summed E-state index contributed by atoms with van der Waals surface area (Å²) in [5, 5.41) is 7.00. The molecule has 11 heavy (non-hydrogen) atoms. The van der Waals surface area contributed by atoms with Gasteiger partial charge in [0.1, 0.15) is 0 Å². The van der Waals surface area contributed by atoms with Crippen LogP contribution >= 0.6 is 0 Å². The fourth-order valence-corrected chi connectivity index (χ4v) is 0.880. The number of para-hydroxylation sites is 2. The summed E-state index contributed by atoms with van der Waals surface area (Å²) in [6.07, 6.45) is 1.70. The van der Waals surface area contributed by atoms with Gasteiger partial charge >= 0.3 is 0 Å². The lowest BCUT2D eigenvalue weighted by molar-refractivity contribution is 0.399. The van der Waals surface area contributed by atoms with Gasteiger partial charge < -0.3 is 10.1 Å². The number of rotatable bonds is 0. The average molecular weight is 150 g/mol. The highest BCUT2D eigenvalue weighted by atomic mass is 16.2. The van der Waals surface area contributed by atoms with Gasteiger partial charge in [0, 0.05) is 7.11 Å². The predicted octanol–water partition coefficient (Wildman–Crippen LogP) is 1.17. The molecule has 0 aliphatic rings. The van der Waals surface area contributed by atoms with E-state index in [1.54, 1.807) is 6.33 Å². The largest absolute Gasteiger partial charge is 0.400 e. The molecule has 0 spiro atoms. The van der Waals surface area contributed by atoms with Crippen LogP contribution in [-0.4, -0.2) is 22.2 Å². The molecule has 2 rings (SSSR count). The summed E-state index contributed by atoms with van der Waals surface area (Å²) in [5.74, 6) is 0. The van der Waals surface area contributed by atoms with E-state index in [0.29, 0.717) is 0 Å². The lowest BCUT2D eigenvalue weighted by atomic mass is 10.3. The number of imidazole rings is 1. The fraction of sp³-hybridized carbons (Fsp3) is 0.125. The van der Waals surface area contributed by atoms with Gasteiger partial charge in [-0.15, -0.1) is 0 Å². The number of fused-ring (bicyclic) bond motifs is 1. The molecule has 0 aliphatic carbocycles. The Balaban J connectivity index is 0.000000281. The smallest absolute Gasteiger partial charge is 0.0931 e. The molecule has 0 amide bonds. The van der Waals surface area contributed by atoms with Crippen LogP contribution in [0.4, 0.5) is 0 Å². The number of hydrogen-bond donors (Lipinski definition) is 2. The minimum absolute atomic E-state index is 1.00. The molecular weight excluding hydrogens is 140 g/mol. The van der Waals surface area contributed by atoms with Gasteiger partial charge in [-0.2, -0.15) is 0 Å². The van der Waals surface area contributed by atoms with E-state index in [2.05, 4.69) is 9.97 Å². The minimum Gasteiger partial charge on any atom is -0.400 e. The van der Waals surface area contributed by atoms with Gasteiger partial charge in [-0.05, 0) is 12.1 Å². The summed E-state index contributed by atoms with van der Waals surface area (Å²) in [6, 6.07) is 7.94. The molecule has 3 nitrogen and oxygen atoms in total. The van der Waals surface area contributed by atoms with Crippen LogP contribution in [0.5, 0.6) is 0 Å². The molecule has 1 aromatic heterocycles. The summed E-state index contributed by atoms with van der Waals surface area (Å²) >= 11 is 0. The van der Waals surface area contributed by atoms with E-state index in [1.165, 1.54) is 0 Å². The van der Waals surface area contributed by atoms with Crippen LogP contribution in [0.3, 0.4) is 0 Å². The van der Waals surface area contributed by atoms with Gasteiger partial charge in [0.2, 0.25) is 0 Å². The SMILES string of the molecule is CO.c1ccc2[nH]cnc2c1. The van der Waals surface area contributed by atoms with E-state index in [9.17, 15) is 0 Å². The van der Waals surface area contributed by atoms with Crippen molar-refractivity contribution in [2.24, 2.45) is 0 Å². The number of hydrogen-bond acceptors (Lipinski definition) is 2. The molecule has 3 heteroatoms. The molecule has 0 saturated carbocycles. The van der Waals surface area contributed by atoms with E-state index in [4.69, 9.17) is 5.11 Å². The van der Waals surface area contributed by atoms with Crippen molar-refractivity contribution in [3.63, 3.8) is 0 Å². The van der Waals surface area contributed by atoms with E-state index in [1.807, 2.05) is 24.3 Å². The van der Waals surface area contributed by atoms with Crippen LogP contribution < -0.4 is 0 Å². The van der Waals surface area contributed by atoms with Gasteiger partial charge in [-0.3, -0.25) is 0 Å². The molecule has 1 aromatic carbocycles. The first-order valence-corrected chi connectivity index (χ1v) is 3.30. The third kappa shape index (κ3) is 1.56. The van der Waals surface area contributed by atoms with E-state index in [-0.39, 0.29) is 0 Å². The Kier molecular flexibility index (Phi) is 2.63. The minimum atomic E-state index is 1.00. The molecule has 0 radical (unpaired) electrons. The fourth-order valence-electron chi connectivity index (χ4n) is 0.880. The summed E-state index contributed by atoms with van der Waals surface area (Å²) in [7, 11) is 1.00. The lowest BCUT2D eigenvalue weighted by Crippen LogP contribution is -1.63. The second kappa shape index (κ2) is 3.73. The number of nitrogens with zero attached hydrogens (tertiary/aromatic N) is 1. The molecule has 0 atom stereocenters. The van der Waals surface area contributed by atoms with E-state index >= 15 is 0 Å². The van der Waals surface area contributed by atoms with Gasteiger partial charge in [0.25, 0.3) is 0 Å². The molecule has 2 N–H and O–H groups in total. The Labute approximate surface area is 64.7 Å². The van der Waals surface area contributed by atoms with E-state index < -0.39 is 0 Å². The van der Waals surface area contributed by atoms with Crippen molar-refractivity contribution < 1.29 is 5.11 Å².